The topological polar surface area (TPSA) is 77.1 Å². The summed E-state index contributed by atoms with van der Waals surface area (Å²) in [6.45, 7) is 2.98. The highest BCUT2D eigenvalue weighted by atomic mass is 35.5. The highest BCUT2D eigenvalue weighted by molar-refractivity contribution is 7.07. The lowest BCUT2D eigenvalue weighted by Gasteiger charge is -2.31. The van der Waals surface area contributed by atoms with Gasteiger partial charge in [-0.25, -0.2) is 0 Å². The molecule has 7 heteroatoms. The van der Waals surface area contributed by atoms with Crippen LogP contribution in [0.25, 0.3) is 0 Å². The minimum absolute atomic E-state index is 0. The molecular formula is C14H24ClN3O2S. The molecule has 3 N–H and O–H groups in total. The zero-order valence-electron chi connectivity index (χ0n) is 12.3. The van der Waals surface area contributed by atoms with Crippen molar-refractivity contribution in [3.8, 4) is 0 Å². The van der Waals surface area contributed by atoms with Gasteiger partial charge in [0.15, 0.2) is 0 Å². The third kappa shape index (κ3) is 4.83. The van der Waals surface area contributed by atoms with Gasteiger partial charge in [0.2, 0.25) is 5.91 Å². The van der Waals surface area contributed by atoms with Crippen LogP contribution < -0.4 is 15.9 Å². The number of hydrogen-bond donors (Lipinski definition) is 2. The summed E-state index contributed by atoms with van der Waals surface area (Å²) in [4.78, 5) is 23.6. The quantitative estimate of drug-likeness (QED) is 0.860. The van der Waals surface area contributed by atoms with Gasteiger partial charge in [-0.05, 0) is 32.2 Å². The summed E-state index contributed by atoms with van der Waals surface area (Å²) in [5, 5.41) is 4.92. The minimum Gasteiger partial charge on any atom is -0.353 e. The van der Waals surface area contributed by atoms with Crippen molar-refractivity contribution < 1.29 is 4.79 Å². The number of thiazole rings is 1. The molecule has 0 aliphatic heterocycles. The van der Waals surface area contributed by atoms with E-state index in [0.29, 0.717) is 25.4 Å². The third-order valence-electron chi connectivity index (χ3n) is 4.10. The predicted molar refractivity (Wildman–Crippen MR) is 88.1 cm³/mol. The van der Waals surface area contributed by atoms with Crippen LogP contribution in [0.1, 0.15) is 37.8 Å². The first kappa shape index (κ1) is 18.2. The van der Waals surface area contributed by atoms with Gasteiger partial charge in [-0.1, -0.05) is 24.2 Å². The third-order valence-corrected chi connectivity index (χ3v) is 4.98. The molecule has 1 heterocycles. The Morgan fingerprint density at radius 3 is 2.81 bits per heavy atom. The molecule has 0 aromatic carbocycles. The number of carbonyl (C=O) groups is 1. The maximum Gasteiger partial charge on any atom is 0.307 e. The van der Waals surface area contributed by atoms with E-state index < -0.39 is 0 Å². The molecule has 0 saturated heterocycles. The number of nitrogens with two attached hydrogens (primary N) is 1. The Labute approximate surface area is 135 Å². The molecule has 2 unspecified atom stereocenters. The van der Waals surface area contributed by atoms with Crippen molar-refractivity contribution in [3.63, 3.8) is 0 Å². The molecule has 1 aliphatic rings. The molecule has 2 atom stereocenters. The molecule has 1 fully saturated rings. The molecule has 1 aromatic rings. The summed E-state index contributed by atoms with van der Waals surface area (Å²) < 4.78 is 1.66. The summed E-state index contributed by atoms with van der Waals surface area (Å²) in [6, 6.07) is 0.210. The first-order chi connectivity index (χ1) is 9.61. The molecule has 0 spiro atoms. The summed E-state index contributed by atoms with van der Waals surface area (Å²) in [7, 11) is 0. The van der Waals surface area contributed by atoms with Gasteiger partial charge >= 0.3 is 4.87 Å². The van der Waals surface area contributed by atoms with E-state index >= 15 is 0 Å². The van der Waals surface area contributed by atoms with Gasteiger partial charge in [0.1, 0.15) is 0 Å². The molecule has 1 saturated carbocycles. The Bertz CT molecular complexity index is 515. The fraction of sp³-hybridized carbons (Fsp3) is 0.714. The van der Waals surface area contributed by atoms with E-state index in [-0.39, 0.29) is 29.2 Å². The second-order valence-corrected chi connectivity index (χ2v) is 6.32. The second kappa shape index (κ2) is 8.56. The fourth-order valence-electron chi connectivity index (χ4n) is 2.85. The first-order valence-electron chi connectivity index (χ1n) is 7.26. The molecule has 5 nitrogen and oxygen atoms in total. The van der Waals surface area contributed by atoms with Crippen molar-refractivity contribution >= 4 is 29.7 Å². The summed E-state index contributed by atoms with van der Waals surface area (Å²) in [5.74, 6) is 0.422. The predicted octanol–water partition coefficient (Wildman–Crippen LogP) is 1.66. The maximum absolute atomic E-state index is 12.0. The number of hydrogen-bond acceptors (Lipinski definition) is 4. The zero-order valence-corrected chi connectivity index (χ0v) is 14.0. The van der Waals surface area contributed by atoms with Crippen LogP contribution in [0.4, 0.5) is 0 Å². The average Bonchev–Trinajstić information content (AvgIpc) is 2.76. The van der Waals surface area contributed by atoms with Crippen LogP contribution in [-0.2, 0) is 11.3 Å². The van der Waals surface area contributed by atoms with E-state index in [1.807, 2.05) is 12.3 Å². The first-order valence-corrected chi connectivity index (χ1v) is 8.14. The number of aryl methyl sites for hydroxylation is 1. The van der Waals surface area contributed by atoms with Crippen molar-refractivity contribution in [2.45, 2.75) is 51.6 Å². The highest BCUT2D eigenvalue weighted by Gasteiger charge is 2.25. The van der Waals surface area contributed by atoms with Crippen LogP contribution >= 0.6 is 23.7 Å². The van der Waals surface area contributed by atoms with E-state index in [0.717, 1.165) is 25.0 Å². The molecule has 120 valence electrons. The van der Waals surface area contributed by atoms with Gasteiger partial charge in [0.05, 0.1) is 0 Å². The van der Waals surface area contributed by atoms with E-state index in [4.69, 9.17) is 5.73 Å². The highest BCUT2D eigenvalue weighted by Crippen LogP contribution is 2.23. The van der Waals surface area contributed by atoms with E-state index in [9.17, 15) is 9.59 Å². The van der Waals surface area contributed by atoms with Crippen molar-refractivity contribution in [1.29, 1.82) is 0 Å². The van der Waals surface area contributed by atoms with Crippen LogP contribution in [0.15, 0.2) is 10.2 Å². The van der Waals surface area contributed by atoms with Gasteiger partial charge in [-0.2, -0.15) is 0 Å². The number of rotatable bonds is 5. The molecule has 1 aromatic heterocycles. The normalized spacial score (nSPS) is 21.6. The van der Waals surface area contributed by atoms with E-state index in [1.54, 1.807) is 4.57 Å². The van der Waals surface area contributed by atoms with Crippen LogP contribution in [0, 0.1) is 12.8 Å². The number of aromatic nitrogens is 1. The van der Waals surface area contributed by atoms with E-state index in [1.165, 1.54) is 17.8 Å². The number of carbonyl (C=O) groups excluding carboxylic acids is 1. The second-order valence-electron chi connectivity index (χ2n) is 5.50. The average molecular weight is 334 g/mol. The number of halogens is 1. The number of nitrogens with zero attached hydrogens (tertiary/aromatic N) is 1. The van der Waals surface area contributed by atoms with Gasteiger partial charge in [0, 0.05) is 30.1 Å². The Morgan fingerprint density at radius 2 is 2.19 bits per heavy atom. The SMILES string of the molecule is Cc1csc(=O)n1CCC(=O)NC1CCCCC1CN.Cl. The van der Waals surface area contributed by atoms with Crippen LogP contribution in [-0.4, -0.2) is 23.1 Å². The summed E-state index contributed by atoms with van der Waals surface area (Å²) in [5.41, 5.74) is 6.69. The Balaban J connectivity index is 0.00000220. The lowest BCUT2D eigenvalue weighted by molar-refractivity contribution is -0.122. The number of nitrogens with one attached hydrogen (secondary N) is 1. The largest absolute Gasteiger partial charge is 0.353 e. The molecule has 0 radical (unpaired) electrons. The molecular weight excluding hydrogens is 310 g/mol. The Hall–Kier alpha value is -0.850. The van der Waals surface area contributed by atoms with Crippen molar-refractivity contribution in [2.75, 3.05) is 6.54 Å². The standard InChI is InChI=1S/C14H23N3O2S.ClH/c1-10-9-20-14(19)17(10)7-6-13(18)16-12-5-3-2-4-11(12)8-15;/h9,11-12H,2-8,15H2,1H3,(H,16,18);1H. The van der Waals surface area contributed by atoms with Crippen LogP contribution in [0.3, 0.4) is 0 Å². The molecule has 0 bridgehead atoms. The Morgan fingerprint density at radius 1 is 1.48 bits per heavy atom. The monoisotopic (exact) mass is 333 g/mol. The fourth-order valence-corrected chi connectivity index (χ4v) is 3.61. The molecule has 21 heavy (non-hydrogen) atoms. The summed E-state index contributed by atoms with van der Waals surface area (Å²) >= 11 is 1.18. The summed E-state index contributed by atoms with van der Waals surface area (Å²) in [6.07, 6.45) is 4.84. The van der Waals surface area contributed by atoms with Crippen molar-refractivity contribution in [3.05, 3.63) is 20.7 Å². The van der Waals surface area contributed by atoms with Crippen molar-refractivity contribution in [2.24, 2.45) is 11.7 Å². The van der Waals surface area contributed by atoms with E-state index in [2.05, 4.69) is 5.32 Å². The van der Waals surface area contributed by atoms with Gasteiger partial charge in [-0.3, -0.25) is 9.59 Å². The van der Waals surface area contributed by atoms with Crippen LogP contribution in [0.2, 0.25) is 0 Å². The molecule has 2 rings (SSSR count). The smallest absolute Gasteiger partial charge is 0.307 e. The Kier molecular flexibility index (Phi) is 7.42. The lowest BCUT2D eigenvalue weighted by atomic mass is 9.84. The van der Waals surface area contributed by atoms with Crippen LogP contribution in [0.5, 0.6) is 0 Å². The zero-order chi connectivity index (χ0) is 14.5. The van der Waals surface area contributed by atoms with Gasteiger partial charge < -0.3 is 15.6 Å². The molecule has 1 aliphatic carbocycles. The molecule has 1 amide bonds. The van der Waals surface area contributed by atoms with Gasteiger partial charge in [0.25, 0.3) is 0 Å². The number of amides is 1. The maximum atomic E-state index is 12.0. The van der Waals surface area contributed by atoms with Gasteiger partial charge in [-0.15, -0.1) is 12.4 Å². The minimum atomic E-state index is 0. The lowest BCUT2D eigenvalue weighted by Crippen LogP contribution is -2.45. The van der Waals surface area contributed by atoms with Crippen molar-refractivity contribution in [1.82, 2.24) is 9.88 Å².